The summed E-state index contributed by atoms with van der Waals surface area (Å²) in [5.74, 6) is 5.91. The van der Waals surface area contributed by atoms with Gasteiger partial charge in [-0.15, -0.1) is 0 Å². The lowest BCUT2D eigenvalue weighted by Crippen LogP contribution is -2.48. The second-order valence-electron chi connectivity index (χ2n) is 12.3. The lowest BCUT2D eigenvalue weighted by molar-refractivity contribution is -0.00481. The van der Waals surface area contributed by atoms with E-state index in [1.807, 2.05) is 5.57 Å². The highest BCUT2D eigenvalue weighted by atomic mass is 14.6. The van der Waals surface area contributed by atoms with Crippen molar-refractivity contribution in [3.8, 4) is 0 Å². The molecule has 0 N–H and O–H groups in total. The van der Waals surface area contributed by atoms with Crippen LogP contribution in [0.5, 0.6) is 0 Å². The van der Waals surface area contributed by atoms with Gasteiger partial charge in [-0.1, -0.05) is 78.2 Å². The van der Waals surface area contributed by atoms with Gasteiger partial charge >= 0.3 is 0 Å². The summed E-state index contributed by atoms with van der Waals surface area (Å²) in [5.41, 5.74) is 3.11. The van der Waals surface area contributed by atoms with E-state index in [9.17, 15) is 0 Å². The predicted molar refractivity (Wildman–Crippen MR) is 127 cm³/mol. The van der Waals surface area contributed by atoms with Gasteiger partial charge in [-0.25, -0.2) is 0 Å². The van der Waals surface area contributed by atoms with E-state index in [-0.39, 0.29) is 0 Å². The van der Waals surface area contributed by atoms with E-state index >= 15 is 0 Å². The fraction of sp³-hybridized carbons (Fsp3) is 0.862. The van der Waals surface area contributed by atoms with Crippen LogP contribution in [0.1, 0.15) is 106 Å². The lowest BCUT2D eigenvalue weighted by Gasteiger charge is -2.57. The number of rotatable bonds is 5. The molecule has 0 heteroatoms. The Morgan fingerprint density at radius 2 is 1.69 bits per heavy atom. The zero-order valence-electron chi connectivity index (χ0n) is 20.3. The Kier molecular flexibility index (Phi) is 6.14. The molecular weight excluding hydrogens is 348 g/mol. The Morgan fingerprint density at radius 1 is 0.931 bits per heavy atom. The zero-order chi connectivity index (χ0) is 20.8. The van der Waals surface area contributed by atoms with Gasteiger partial charge in [-0.3, -0.25) is 0 Å². The number of fused-ring (bicyclic) bond motifs is 5. The smallest absolute Gasteiger partial charge is 0.0143 e. The van der Waals surface area contributed by atoms with Crippen molar-refractivity contribution in [1.29, 1.82) is 0 Å². The molecule has 3 saturated carbocycles. The third-order valence-electron chi connectivity index (χ3n) is 10.7. The summed E-state index contributed by atoms with van der Waals surface area (Å²) in [4.78, 5) is 0. The fourth-order valence-electron chi connectivity index (χ4n) is 8.73. The molecule has 29 heavy (non-hydrogen) atoms. The molecule has 0 heterocycles. The molecule has 0 amide bonds. The van der Waals surface area contributed by atoms with Crippen LogP contribution in [0.3, 0.4) is 0 Å². The summed E-state index contributed by atoms with van der Waals surface area (Å²) in [6.45, 7) is 15.0. The summed E-state index contributed by atoms with van der Waals surface area (Å²) in [6.07, 6.45) is 22.5. The second kappa shape index (κ2) is 8.20. The Labute approximate surface area is 182 Å². The molecule has 0 bridgehead atoms. The molecule has 164 valence electrons. The van der Waals surface area contributed by atoms with Crippen molar-refractivity contribution in [1.82, 2.24) is 0 Å². The summed E-state index contributed by atoms with van der Waals surface area (Å²) in [5, 5.41) is 0. The van der Waals surface area contributed by atoms with Crippen molar-refractivity contribution in [2.45, 2.75) is 106 Å². The van der Waals surface area contributed by atoms with Gasteiger partial charge in [0, 0.05) is 0 Å². The Bertz CT molecular complexity index is 638. The summed E-state index contributed by atoms with van der Waals surface area (Å²) in [6, 6.07) is 0. The van der Waals surface area contributed by atoms with Gasteiger partial charge < -0.3 is 0 Å². The van der Waals surface area contributed by atoms with E-state index in [4.69, 9.17) is 0 Å². The average Bonchev–Trinajstić information content (AvgIpc) is 3.05. The normalized spacial score (nSPS) is 44.2. The third-order valence-corrected chi connectivity index (χ3v) is 10.7. The monoisotopic (exact) mass is 396 g/mol. The maximum Gasteiger partial charge on any atom is -0.0143 e. The maximum absolute atomic E-state index is 2.78. The van der Waals surface area contributed by atoms with E-state index in [1.165, 1.54) is 64.2 Å². The number of hydrogen-bond donors (Lipinski definition) is 0. The average molecular weight is 397 g/mol. The molecule has 0 radical (unpaired) electrons. The summed E-state index contributed by atoms with van der Waals surface area (Å²) < 4.78 is 0. The highest BCUT2D eigenvalue weighted by molar-refractivity contribution is 5.27. The quantitative estimate of drug-likeness (QED) is 0.407. The van der Waals surface area contributed by atoms with Gasteiger partial charge in [0.1, 0.15) is 0 Å². The lowest BCUT2D eigenvalue weighted by atomic mass is 9.48. The van der Waals surface area contributed by atoms with Crippen LogP contribution in [0.25, 0.3) is 0 Å². The van der Waals surface area contributed by atoms with E-state index in [2.05, 4.69) is 59.8 Å². The molecule has 0 aromatic rings. The van der Waals surface area contributed by atoms with Gasteiger partial charge in [-0.2, -0.15) is 0 Å². The van der Waals surface area contributed by atoms with Crippen LogP contribution in [0.15, 0.2) is 23.8 Å². The molecular formula is C29H48. The molecule has 0 spiro atoms. The van der Waals surface area contributed by atoms with Crippen molar-refractivity contribution < 1.29 is 0 Å². The van der Waals surface area contributed by atoms with Crippen molar-refractivity contribution in [3.63, 3.8) is 0 Å². The Morgan fingerprint density at radius 3 is 2.41 bits per heavy atom. The van der Waals surface area contributed by atoms with Crippen LogP contribution < -0.4 is 0 Å². The van der Waals surface area contributed by atoms with Gasteiger partial charge in [-0.05, 0) is 104 Å². The minimum atomic E-state index is 0.545. The first-order valence-corrected chi connectivity index (χ1v) is 13.2. The van der Waals surface area contributed by atoms with Crippen molar-refractivity contribution >= 4 is 0 Å². The second-order valence-corrected chi connectivity index (χ2v) is 12.3. The molecule has 4 aliphatic rings. The van der Waals surface area contributed by atoms with Gasteiger partial charge in [0.05, 0.1) is 0 Å². The summed E-state index contributed by atoms with van der Waals surface area (Å²) >= 11 is 0. The van der Waals surface area contributed by atoms with E-state index in [1.54, 1.807) is 0 Å². The molecule has 0 aromatic heterocycles. The van der Waals surface area contributed by atoms with Crippen molar-refractivity contribution in [3.05, 3.63) is 23.8 Å². The SMILES string of the molecule is CC[C@H](/C=C/[C@@H](C)[C@H]1CC[C@H]2C3=CCC4CCCC[C@]4(C)[C@H]3CC[C@]12C)C(C)C. The molecule has 0 nitrogen and oxygen atoms in total. The van der Waals surface area contributed by atoms with Crippen LogP contribution in [0.2, 0.25) is 0 Å². The van der Waals surface area contributed by atoms with Crippen LogP contribution in [-0.4, -0.2) is 0 Å². The van der Waals surface area contributed by atoms with Crippen molar-refractivity contribution in [2.24, 2.45) is 52.3 Å². The topological polar surface area (TPSA) is 0 Å². The third kappa shape index (κ3) is 3.59. The minimum Gasteiger partial charge on any atom is -0.0851 e. The molecule has 0 aromatic carbocycles. The minimum absolute atomic E-state index is 0.545. The van der Waals surface area contributed by atoms with Crippen LogP contribution >= 0.6 is 0 Å². The number of allylic oxidation sites excluding steroid dienone is 4. The molecule has 1 unspecified atom stereocenters. The zero-order valence-corrected chi connectivity index (χ0v) is 20.3. The van der Waals surface area contributed by atoms with Crippen molar-refractivity contribution in [2.75, 3.05) is 0 Å². The Hall–Kier alpha value is -0.520. The standard InChI is InChI=1S/C29H48/c1-7-22(20(2)3)12-11-21(4)25-15-16-26-24-14-13-23-10-8-9-18-28(23,5)27(24)17-19-29(25,26)6/h11-12,14,20-23,25-27H,7-10,13,15-19H2,1-6H3/b12-11+/t21-,22-,23?,25-,26+,27+,28+,29-/m1/s1. The first-order chi connectivity index (χ1) is 13.8. The van der Waals surface area contributed by atoms with E-state index in [0.29, 0.717) is 10.8 Å². The number of hydrogen-bond acceptors (Lipinski definition) is 0. The first-order valence-electron chi connectivity index (χ1n) is 13.2. The predicted octanol–water partition coefficient (Wildman–Crippen LogP) is 8.83. The molecule has 4 aliphatic carbocycles. The van der Waals surface area contributed by atoms with Crippen LogP contribution in [-0.2, 0) is 0 Å². The first kappa shape index (κ1) is 21.7. The van der Waals surface area contributed by atoms with E-state index < -0.39 is 0 Å². The fourth-order valence-corrected chi connectivity index (χ4v) is 8.73. The molecule has 0 aliphatic heterocycles. The summed E-state index contributed by atoms with van der Waals surface area (Å²) in [7, 11) is 0. The van der Waals surface area contributed by atoms with E-state index in [0.717, 1.165) is 41.4 Å². The molecule has 4 rings (SSSR count). The largest absolute Gasteiger partial charge is 0.0851 e. The molecule has 8 atom stereocenters. The molecule has 3 fully saturated rings. The highest BCUT2D eigenvalue weighted by Gasteiger charge is 2.57. The van der Waals surface area contributed by atoms with Gasteiger partial charge in [0.2, 0.25) is 0 Å². The van der Waals surface area contributed by atoms with Crippen LogP contribution in [0.4, 0.5) is 0 Å². The van der Waals surface area contributed by atoms with Gasteiger partial charge in [0.25, 0.3) is 0 Å². The maximum atomic E-state index is 2.78. The Balaban J connectivity index is 1.53. The molecule has 0 saturated heterocycles. The van der Waals surface area contributed by atoms with Crippen LogP contribution in [0, 0.1) is 52.3 Å². The van der Waals surface area contributed by atoms with Gasteiger partial charge in [0.15, 0.2) is 0 Å². The highest BCUT2D eigenvalue weighted by Crippen LogP contribution is 2.66.